The first-order valence-electron chi connectivity index (χ1n) is 9.84. The monoisotopic (exact) mass is 396 g/mol. The molecule has 0 spiro atoms. The van der Waals surface area contributed by atoms with E-state index in [-0.39, 0.29) is 11.9 Å². The standard InChI is InChI=1S/C22H25FN4S/c1-17(26-14-6-3-7-15-26)21-24-25-22(27(21)20-8-4-2-5-9-20)28-16-18-10-12-19(23)13-11-18/h2,4-5,8-13,17H,3,6-7,14-16H2,1H3/t17-/m0/s1. The lowest BCUT2D eigenvalue weighted by molar-refractivity contribution is 0.167. The summed E-state index contributed by atoms with van der Waals surface area (Å²) in [6.45, 7) is 4.45. The minimum absolute atomic E-state index is 0.209. The lowest BCUT2D eigenvalue weighted by Crippen LogP contribution is -2.33. The van der Waals surface area contributed by atoms with Gasteiger partial charge in [0.2, 0.25) is 0 Å². The smallest absolute Gasteiger partial charge is 0.196 e. The molecule has 0 N–H and O–H groups in total. The number of hydrogen-bond acceptors (Lipinski definition) is 4. The zero-order valence-electron chi connectivity index (χ0n) is 16.1. The Balaban J connectivity index is 1.62. The number of aromatic nitrogens is 3. The Morgan fingerprint density at radius 2 is 1.68 bits per heavy atom. The molecule has 1 fully saturated rings. The van der Waals surface area contributed by atoms with E-state index in [0.29, 0.717) is 0 Å². The molecular weight excluding hydrogens is 371 g/mol. The number of halogens is 1. The van der Waals surface area contributed by atoms with Crippen LogP contribution in [0.25, 0.3) is 5.69 Å². The van der Waals surface area contributed by atoms with Crippen molar-refractivity contribution in [2.45, 2.75) is 43.1 Å². The number of hydrogen-bond donors (Lipinski definition) is 0. The molecule has 146 valence electrons. The highest BCUT2D eigenvalue weighted by Crippen LogP contribution is 2.30. The van der Waals surface area contributed by atoms with Gasteiger partial charge in [0.1, 0.15) is 5.82 Å². The van der Waals surface area contributed by atoms with E-state index in [0.717, 1.165) is 41.1 Å². The quantitative estimate of drug-likeness (QED) is 0.533. The van der Waals surface area contributed by atoms with Crippen LogP contribution in [0.1, 0.15) is 43.6 Å². The average Bonchev–Trinajstić information content (AvgIpc) is 3.18. The molecule has 0 unspecified atom stereocenters. The van der Waals surface area contributed by atoms with Crippen molar-refractivity contribution < 1.29 is 4.39 Å². The molecule has 3 aromatic rings. The molecule has 1 aliphatic heterocycles. The Labute approximate surface area is 169 Å². The Kier molecular flexibility index (Phi) is 6.07. The molecule has 28 heavy (non-hydrogen) atoms. The first kappa shape index (κ1) is 19.2. The first-order valence-corrected chi connectivity index (χ1v) is 10.8. The van der Waals surface area contributed by atoms with E-state index in [9.17, 15) is 4.39 Å². The third-order valence-electron chi connectivity index (χ3n) is 5.27. The minimum atomic E-state index is -0.209. The molecule has 1 aliphatic rings. The highest BCUT2D eigenvalue weighted by atomic mass is 32.2. The Morgan fingerprint density at radius 3 is 2.39 bits per heavy atom. The Hall–Kier alpha value is -2.18. The highest BCUT2D eigenvalue weighted by molar-refractivity contribution is 7.98. The summed E-state index contributed by atoms with van der Waals surface area (Å²) in [7, 11) is 0. The SMILES string of the molecule is C[C@@H](c1nnc(SCc2ccc(F)cc2)n1-c1ccccc1)N1CCCCC1. The number of thioether (sulfide) groups is 1. The molecule has 6 heteroatoms. The van der Waals surface area contributed by atoms with E-state index in [1.165, 1.54) is 31.4 Å². The summed E-state index contributed by atoms with van der Waals surface area (Å²) in [6, 6.07) is 17.2. The van der Waals surface area contributed by atoms with Crippen molar-refractivity contribution in [2.75, 3.05) is 13.1 Å². The maximum Gasteiger partial charge on any atom is 0.196 e. The second kappa shape index (κ2) is 8.88. The molecule has 4 rings (SSSR count). The molecule has 1 atom stereocenters. The normalized spacial score (nSPS) is 16.2. The van der Waals surface area contributed by atoms with Crippen LogP contribution in [0.15, 0.2) is 59.8 Å². The van der Waals surface area contributed by atoms with Crippen molar-refractivity contribution in [1.29, 1.82) is 0 Å². The van der Waals surface area contributed by atoms with Crippen molar-refractivity contribution in [1.82, 2.24) is 19.7 Å². The summed E-state index contributed by atoms with van der Waals surface area (Å²) in [6.07, 6.45) is 3.80. The van der Waals surface area contributed by atoms with Gasteiger partial charge >= 0.3 is 0 Å². The van der Waals surface area contributed by atoms with Crippen LogP contribution in [0.3, 0.4) is 0 Å². The Bertz CT molecular complexity index is 889. The average molecular weight is 397 g/mol. The minimum Gasteiger partial charge on any atom is -0.294 e. The van der Waals surface area contributed by atoms with Crippen LogP contribution in [0.4, 0.5) is 4.39 Å². The number of piperidine rings is 1. The lowest BCUT2D eigenvalue weighted by atomic mass is 10.1. The van der Waals surface area contributed by atoms with Crippen LogP contribution in [-0.2, 0) is 5.75 Å². The van der Waals surface area contributed by atoms with E-state index in [4.69, 9.17) is 0 Å². The molecule has 1 saturated heterocycles. The van der Waals surface area contributed by atoms with Crippen LogP contribution >= 0.6 is 11.8 Å². The van der Waals surface area contributed by atoms with Crippen LogP contribution in [0.2, 0.25) is 0 Å². The topological polar surface area (TPSA) is 34.0 Å². The zero-order valence-corrected chi connectivity index (χ0v) is 16.9. The van der Waals surface area contributed by atoms with Crippen molar-refractivity contribution in [3.63, 3.8) is 0 Å². The third-order valence-corrected chi connectivity index (χ3v) is 6.27. The van der Waals surface area contributed by atoms with E-state index in [2.05, 4.69) is 38.7 Å². The summed E-state index contributed by atoms with van der Waals surface area (Å²) in [5.41, 5.74) is 2.15. The van der Waals surface area contributed by atoms with E-state index in [1.807, 2.05) is 30.3 Å². The molecule has 2 aromatic carbocycles. The fraction of sp³-hybridized carbons (Fsp3) is 0.364. The molecule has 4 nitrogen and oxygen atoms in total. The van der Waals surface area contributed by atoms with E-state index in [1.54, 1.807) is 11.8 Å². The third kappa shape index (κ3) is 4.28. The summed E-state index contributed by atoms with van der Waals surface area (Å²) < 4.78 is 15.3. The Morgan fingerprint density at radius 1 is 0.964 bits per heavy atom. The van der Waals surface area contributed by atoms with Gasteiger partial charge in [-0.05, 0) is 62.7 Å². The number of likely N-dealkylation sites (tertiary alicyclic amines) is 1. The van der Waals surface area contributed by atoms with Crippen LogP contribution < -0.4 is 0 Å². The molecule has 0 amide bonds. The van der Waals surface area contributed by atoms with Gasteiger partial charge in [-0.2, -0.15) is 0 Å². The maximum absolute atomic E-state index is 13.2. The van der Waals surface area contributed by atoms with Crippen molar-refractivity contribution in [3.8, 4) is 5.69 Å². The molecule has 0 saturated carbocycles. The van der Waals surface area contributed by atoms with Gasteiger partial charge in [-0.15, -0.1) is 10.2 Å². The summed E-state index contributed by atoms with van der Waals surface area (Å²) in [4.78, 5) is 2.50. The van der Waals surface area contributed by atoms with Gasteiger partial charge in [0.05, 0.1) is 6.04 Å². The maximum atomic E-state index is 13.2. The molecule has 0 aliphatic carbocycles. The molecule has 0 radical (unpaired) electrons. The van der Waals surface area contributed by atoms with Gasteiger partial charge in [0.25, 0.3) is 0 Å². The van der Waals surface area contributed by atoms with Gasteiger partial charge in [0, 0.05) is 11.4 Å². The van der Waals surface area contributed by atoms with Crippen LogP contribution in [-0.4, -0.2) is 32.8 Å². The number of benzene rings is 2. The van der Waals surface area contributed by atoms with Crippen LogP contribution in [0, 0.1) is 5.82 Å². The predicted octanol–water partition coefficient (Wildman–Crippen LogP) is 5.25. The predicted molar refractivity (Wildman–Crippen MR) is 111 cm³/mol. The number of rotatable bonds is 6. The molecular formula is C22H25FN4S. The van der Waals surface area contributed by atoms with Gasteiger partial charge in [-0.3, -0.25) is 9.47 Å². The van der Waals surface area contributed by atoms with Gasteiger partial charge in [-0.25, -0.2) is 4.39 Å². The highest BCUT2D eigenvalue weighted by Gasteiger charge is 2.25. The van der Waals surface area contributed by atoms with Gasteiger partial charge < -0.3 is 0 Å². The summed E-state index contributed by atoms with van der Waals surface area (Å²) in [5.74, 6) is 1.50. The second-order valence-electron chi connectivity index (χ2n) is 7.20. The van der Waals surface area contributed by atoms with E-state index < -0.39 is 0 Å². The largest absolute Gasteiger partial charge is 0.294 e. The fourth-order valence-electron chi connectivity index (χ4n) is 3.66. The second-order valence-corrected chi connectivity index (χ2v) is 8.14. The van der Waals surface area contributed by atoms with Gasteiger partial charge in [-0.1, -0.05) is 48.5 Å². The summed E-state index contributed by atoms with van der Waals surface area (Å²) in [5, 5.41) is 9.97. The first-order chi connectivity index (χ1) is 13.7. The summed E-state index contributed by atoms with van der Waals surface area (Å²) >= 11 is 1.63. The van der Waals surface area contributed by atoms with Crippen molar-refractivity contribution in [2.24, 2.45) is 0 Å². The molecule has 2 heterocycles. The van der Waals surface area contributed by atoms with Crippen molar-refractivity contribution in [3.05, 3.63) is 71.8 Å². The van der Waals surface area contributed by atoms with Crippen molar-refractivity contribution >= 4 is 11.8 Å². The number of nitrogens with zero attached hydrogens (tertiary/aromatic N) is 4. The molecule has 0 bridgehead atoms. The van der Waals surface area contributed by atoms with Crippen LogP contribution in [0.5, 0.6) is 0 Å². The molecule has 1 aromatic heterocycles. The zero-order chi connectivity index (χ0) is 19.3. The number of para-hydroxylation sites is 1. The van der Waals surface area contributed by atoms with Gasteiger partial charge in [0.15, 0.2) is 11.0 Å². The van der Waals surface area contributed by atoms with E-state index >= 15 is 0 Å². The fourth-order valence-corrected chi connectivity index (χ4v) is 4.58. The lowest BCUT2D eigenvalue weighted by Gasteiger charge is -2.31.